The van der Waals surface area contributed by atoms with Crippen LogP contribution in [0.3, 0.4) is 0 Å². The Morgan fingerprint density at radius 1 is 1.16 bits per heavy atom. The minimum atomic E-state index is -1.32. The van der Waals surface area contributed by atoms with Gasteiger partial charge in [-0.05, 0) is 39.3 Å². The number of cyclic esters (lactones) is 1. The first-order chi connectivity index (χ1) is 15.1. The van der Waals surface area contributed by atoms with Gasteiger partial charge in [-0.3, -0.25) is 9.11 Å². The predicted octanol–water partition coefficient (Wildman–Crippen LogP) is 2.93. The van der Waals surface area contributed by atoms with Gasteiger partial charge in [0.05, 0.1) is 35.1 Å². The number of hydrogen-bond donors (Lipinski definition) is 0. The number of aromatic nitrogens is 3. The van der Waals surface area contributed by atoms with Crippen molar-refractivity contribution < 1.29 is 18.5 Å². The molecule has 4 atom stereocenters. The topological polar surface area (TPSA) is 97.8 Å². The van der Waals surface area contributed by atoms with Crippen molar-refractivity contribution in [3.05, 3.63) is 30.0 Å². The number of anilines is 3. The van der Waals surface area contributed by atoms with Crippen LogP contribution in [-0.4, -0.2) is 62.4 Å². The van der Waals surface area contributed by atoms with Crippen molar-refractivity contribution in [3.8, 4) is 0 Å². The molecule has 0 N–H and O–H groups in total. The Labute approximate surface area is 189 Å². The quantitative estimate of drug-likeness (QED) is 0.649. The number of rotatable bonds is 3. The first-order valence-corrected chi connectivity index (χ1v) is 12.2. The van der Waals surface area contributed by atoms with Crippen LogP contribution in [0.2, 0.25) is 0 Å². The summed E-state index contributed by atoms with van der Waals surface area (Å²) in [5.41, 5.74) is 0.281. The zero-order chi connectivity index (χ0) is 22.8. The predicted molar refractivity (Wildman–Crippen MR) is 120 cm³/mol. The molecule has 3 aliphatic rings. The van der Waals surface area contributed by atoms with E-state index in [9.17, 15) is 9.00 Å². The Bertz CT molecular complexity index is 1130. The number of carbonyl (C=O) groups excluding carboxylic acids is 1. The Balaban J connectivity index is 1.66. The maximum Gasteiger partial charge on any atom is 0.415 e. The third kappa shape index (κ3) is 3.19. The van der Waals surface area contributed by atoms with E-state index in [1.807, 2.05) is 25.1 Å². The second kappa shape index (κ2) is 7.21. The average Bonchev–Trinajstić information content (AvgIpc) is 3.21. The smallest absolute Gasteiger partial charge is 0.415 e. The van der Waals surface area contributed by atoms with Crippen molar-refractivity contribution in [2.45, 2.75) is 62.4 Å². The highest BCUT2D eigenvalue weighted by molar-refractivity contribution is 7.84. The number of carbonyl (C=O) groups is 1. The molecule has 10 heteroatoms. The molecule has 32 heavy (non-hydrogen) atoms. The molecule has 9 nitrogen and oxygen atoms in total. The van der Waals surface area contributed by atoms with Gasteiger partial charge in [0.25, 0.3) is 0 Å². The summed E-state index contributed by atoms with van der Waals surface area (Å²) < 4.78 is 23.5. The normalized spacial score (nSPS) is 29.5. The lowest BCUT2D eigenvalue weighted by Crippen LogP contribution is -2.54. The lowest BCUT2D eigenvalue weighted by atomic mass is 9.73. The fraction of sp³-hybridized carbons (Fsp3) is 0.545. The molecule has 3 aliphatic heterocycles. The van der Waals surface area contributed by atoms with E-state index in [0.717, 1.165) is 12.0 Å². The molecular formula is C22H27N5O4S. The second-order valence-corrected chi connectivity index (χ2v) is 10.8. The van der Waals surface area contributed by atoms with Crippen LogP contribution < -0.4 is 9.80 Å². The minimum Gasteiger partial charge on any atom is -0.447 e. The molecule has 0 aliphatic carbocycles. The first-order valence-electron chi connectivity index (χ1n) is 10.7. The number of nitrogens with zero attached hydrogens (tertiary/aromatic N) is 5. The molecule has 1 unspecified atom stereocenters. The molecule has 5 rings (SSSR count). The Hall–Kier alpha value is -2.59. The van der Waals surface area contributed by atoms with Gasteiger partial charge in [-0.2, -0.15) is 0 Å². The van der Waals surface area contributed by atoms with Crippen LogP contribution in [0.4, 0.5) is 22.2 Å². The number of amides is 1. The summed E-state index contributed by atoms with van der Waals surface area (Å²) in [6.07, 6.45) is 3.70. The molecule has 0 saturated carbocycles. The highest BCUT2D eigenvalue weighted by Gasteiger charge is 2.55. The van der Waals surface area contributed by atoms with Crippen LogP contribution in [0.5, 0.6) is 0 Å². The molecular weight excluding hydrogens is 430 g/mol. The zero-order valence-corrected chi connectivity index (χ0v) is 19.7. The van der Waals surface area contributed by atoms with Crippen molar-refractivity contribution in [3.63, 3.8) is 0 Å². The van der Waals surface area contributed by atoms with Crippen molar-refractivity contribution in [2.75, 3.05) is 29.3 Å². The third-order valence-electron chi connectivity index (χ3n) is 6.64. The summed E-state index contributed by atoms with van der Waals surface area (Å²) in [4.78, 5) is 29.9. The number of pyridine rings is 1. The van der Waals surface area contributed by atoms with E-state index in [0.29, 0.717) is 30.7 Å². The van der Waals surface area contributed by atoms with E-state index in [4.69, 9.17) is 19.4 Å². The molecule has 2 aromatic heterocycles. The molecule has 170 valence electrons. The van der Waals surface area contributed by atoms with Crippen LogP contribution >= 0.6 is 0 Å². The van der Waals surface area contributed by atoms with E-state index in [1.165, 1.54) is 0 Å². The largest absolute Gasteiger partial charge is 0.447 e. The Kier molecular flexibility index (Phi) is 4.79. The maximum atomic E-state index is 12.3. The number of hydrogen-bond acceptors (Lipinski definition) is 8. The fourth-order valence-electron chi connectivity index (χ4n) is 4.84. The van der Waals surface area contributed by atoms with Crippen molar-refractivity contribution in [1.29, 1.82) is 0 Å². The molecule has 5 heterocycles. The van der Waals surface area contributed by atoms with Crippen LogP contribution in [0, 0.1) is 0 Å². The Morgan fingerprint density at radius 3 is 2.53 bits per heavy atom. The lowest BCUT2D eigenvalue weighted by molar-refractivity contribution is -0.0893. The van der Waals surface area contributed by atoms with E-state index >= 15 is 0 Å². The van der Waals surface area contributed by atoms with Crippen LogP contribution in [0.15, 0.2) is 29.6 Å². The van der Waals surface area contributed by atoms with Gasteiger partial charge in [0.1, 0.15) is 24.1 Å². The van der Waals surface area contributed by atoms with Gasteiger partial charge in [0, 0.05) is 23.4 Å². The van der Waals surface area contributed by atoms with E-state index in [2.05, 4.69) is 30.7 Å². The fourth-order valence-corrected chi connectivity index (χ4v) is 5.25. The molecule has 0 aromatic carbocycles. The molecule has 2 fully saturated rings. The number of fused-ring (bicyclic) bond motifs is 3. The summed E-state index contributed by atoms with van der Waals surface area (Å²) in [5.74, 6) is 1.90. The van der Waals surface area contributed by atoms with Gasteiger partial charge in [0.2, 0.25) is 5.16 Å². The van der Waals surface area contributed by atoms with Gasteiger partial charge in [-0.25, -0.2) is 19.7 Å². The van der Waals surface area contributed by atoms with Crippen molar-refractivity contribution in [2.24, 2.45) is 0 Å². The van der Waals surface area contributed by atoms with Crippen LogP contribution in [0.25, 0.3) is 0 Å². The monoisotopic (exact) mass is 457 g/mol. The molecule has 0 spiro atoms. The first kappa shape index (κ1) is 21.3. The van der Waals surface area contributed by atoms with E-state index in [1.54, 1.807) is 17.4 Å². The van der Waals surface area contributed by atoms with Gasteiger partial charge in [-0.15, -0.1) is 0 Å². The zero-order valence-electron chi connectivity index (χ0n) is 18.9. The summed E-state index contributed by atoms with van der Waals surface area (Å²) in [6.45, 7) is 9.10. The van der Waals surface area contributed by atoms with Gasteiger partial charge < -0.3 is 14.4 Å². The standard InChI is InChI=1S/C22H27N5O4S/c1-13-11-30-20(28)26(13)16-7-6-8-17(24-16)27-15-9-21(2,3)31-12-22(15,4)14-10-23-19(32(5)29)25-18(14)27/h6-8,10,13,15H,9,11-12H2,1-5H3/t13-,15+,22+,32?/m0/s1. The molecule has 1 amide bonds. The summed E-state index contributed by atoms with van der Waals surface area (Å²) in [7, 11) is -1.32. The third-order valence-corrected chi connectivity index (χ3v) is 7.35. The average molecular weight is 458 g/mol. The SMILES string of the molecule is C[C@H]1COC(=O)N1c1cccc(N2c3nc(S(C)=O)ncc3[C@@]3(C)COC(C)(C)C[C@@H]23)n1. The summed E-state index contributed by atoms with van der Waals surface area (Å²) >= 11 is 0. The molecule has 0 radical (unpaired) electrons. The van der Waals surface area contributed by atoms with Gasteiger partial charge >= 0.3 is 6.09 Å². The second-order valence-electron chi connectivity index (χ2n) is 9.55. The van der Waals surface area contributed by atoms with E-state index < -0.39 is 16.9 Å². The Morgan fingerprint density at radius 2 is 1.88 bits per heavy atom. The lowest BCUT2D eigenvalue weighted by Gasteiger charge is -2.46. The molecule has 2 saturated heterocycles. The summed E-state index contributed by atoms with van der Waals surface area (Å²) in [6, 6.07) is 5.53. The maximum absolute atomic E-state index is 12.3. The van der Waals surface area contributed by atoms with E-state index in [-0.39, 0.29) is 28.3 Å². The van der Waals surface area contributed by atoms with Crippen LogP contribution in [0.1, 0.15) is 39.7 Å². The van der Waals surface area contributed by atoms with Gasteiger partial charge in [-0.1, -0.05) is 13.0 Å². The van der Waals surface area contributed by atoms with Gasteiger partial charge in [0.15, 0.2) is 0 Å². The summed E-state index contributed by atoms with van der Waals surface area (Å²) in [5, 5.41) is 0.282. The van der Waals surface area contributed by atoms with Crippen molar-refractivity contribution >= 4 is 34.3 Å². The highest BCUT2D eigenvalue weighted by Crippen LogP contribution is 2.52. The number of ether oxygens (including phenoxy) is 2. The van der Waals surface area contributed by atoms with Crippen LogP contribution in [-0.2, 0) is 25.7 Å². The highest BCUT2D eigenvalue weighted by atomic mass is 32.2. The van der Waals surface area contributed by atoms with Crippen molar-refractivity contribution in [1.82, 2.24) is 15.0 Å². The molecule has 2 aromatic rings. The molecule has 0 bridgehead atoms. The minimum absolute atomic E-state index is 0.0156.